The Morgan fingerprint density at radius 3 is 2.45 bits per heavy atom. The molecule has 0 saturated carbocycles. The van der Waals surface area contributed by atoms with Gasteiger partial charge < -0.3 is 26.0 Å². The van der Waals surface area contributed by atoms with Gasteiger partial charge in [0.05, 0.1) is 13.2 Å². The van der Waals surface area contributed by atoms with Crippen molar-refractivity contribution in [3.8, 4) is 0 Å². The molecule has 0 radical (unpaired) electrons. The van der Waals surface area contributed by atoms with Crippen molar-refractivity contribution >= 4 is 41.2 Å². The summed E-state index contributed by atoms with van der Waals surface area (Å²) in [5.74, 6) is -2.43. The lowest BCUT2D eigenvalue weighted by molar-refractivity contribution is -0.143. The van der Waals surface area contributed by atoms with Gasteiger partial charge in [0.1, 0.15) is 17.4 Å². The number of esters is 1. The Bertz CT molecular complexity index is 1020. The fraction of sp³-hybridized carbons (Fsp3) is 0.238. The van der Waals surface area contributed by atoms with Crippen molar-refractivity contribution in [3.63, 3.8) is 0 Å². The molecule has 0 saturated heterocycles. The zero-order valence-corrected chi connectivity index (χ0v) is 18.7. The first-order valence-electron chi connectivity index (χ1n) is 9.83. The lowest BCUT2D eigenvalue weighted by Crippen LogP contribution is -2.42. The maximum atomic E-state index is 12.6. The molecule has 12 heteroatoms. The summed E-state index contributed by atoms with van der Waals surface area (Å²) in [6.45, 7) is 2.76. The number of rotatable bonds is 10. The Kier molecular flexibility index (Phi) is 9.78. The van der Waals surface area contributed by atoms with E-state index in [-0.39, 0.29) is 30.0 Å². The quantitative estimate of drug-likeness (QED) is 0.225. The summed E-state index contributed by atoms with van der Waals surface area (Å²) >= 11 is 5.91. The molecule has 33 heavy (non-hydrogen) atoms. The van der Waals surface area contributed by atoms with E-state index in [0.29, 0.717) is 11.3 Å². The minimum Gasteiger partial charge on any atom is -0.465 e. The van der Waals surface area contributed by atoms with Gasteiger partial charge in [0, 0.05) is 17.5 Å². The van der Waals surface area contributed by atoms with Crippen LogP contribution in [0, 0.1) is 6.92 Å². The molecular formula is C21H23ClN6O5. The molecule has 0 atom stereocenters. The lowest BCUT2D eigenvalue weighted by atomic mass is 10.2. The second-order valence-corrected chi connectivity index (χ2v) is 6.83. The van der Waals surface area contributed by atoms with E-state index in [1.54, 1.807) is 50.2 Å². The largest absolute Gasteiger partial charge is 0.465 e. The zero-order chi connectivity index (χ0) is 24.2. The summed E-state index contributed by atoms with van der Waals surface area (Å²) in [5.41, 5.74) is 0.699. The molecule has 2 rings (SSSR count). The van der Waals surface area contributed by atoms with Gasteiger partial charge >= 0.3 is 5.97 Å². The first-order valence-corrected chi connectivity index (χ1v) is 10.2. The van der Waals surface area contributed by atoms with E-state index in [0.717, 1.165) is 0 Å². The fourth-order valence-corrected chi connectivity index (χ4v) is 2.61. The highest BCUT2D eigenvalue weighted by Gasteiger charge is 2.16. The second-order valence-electron chi connectivity index (χ2n) is 6.44. The van der Waals surface area contributed by atoms with Gasteiger partial charge in [0.25, 0.3) is 11.8 Å². The average Bonchev–Trinajstić information content (AvgIpc) is 2.78. The number of hydrogen-bond donors (Lipinski definition) is 4. The number of anilines is 1. The van der Waals surface area contributed by atoms with E-state index >= 15 is 0 Å². The van der Waals surface area contributed by atoms with E-state index < -0.39 is 30.2 Å². The number of carbonyl (C=O) groups excluding carboxylic acids is 4. The number of aryl methyl sites for hydroxylation is 1. The molecular weight excluding hydrogens is 452 g/mol. The predicted molar refractivity (Wildman–Crippen MR) is 120 cm³/mol. The third-order valence-corrected chi connectivity index (χ3v) is 4.04. The summed E-state index contributed by atoms with van der Waals surface area (Å²) in [5, 5.41) is 10.0. The SMILES string of the molecule is CCOC(=O)CNC(=O)CNC(=O)/C(=C/Nc1nc(C)cc(Cl)n1)NC(=O)c1ccccc1. The normalized spacial score (nSPS) is 10.7. The third-order valence-electron chi connectivity index (χ3n) is 3.84. The van der Waals surface area contributed by atoms with Gasteiger partial charge in [-0.05, 0) is 32.0 Å². The molecule has 1 aromatic carbocycles. The first-order chi connectivity index (χ1) is 15.8. The van der Waals surface area contributed by atoms with Crippen LogP contribution in [0.4, 0.5) is 5.95 Å². The Balaban J connectivity index is 2.08. The van der Waals surface area contributed by atoms with Crippen LogP contribution < -0.4 is 21.3 Å². The lowest BCUT2D eigenvalue weighted by Gasteiger charge is -2.12. The van der Waals surface area contributed by atoms with Crippen molar-refractivity contribution in [3.05, 3.63) is 64.7 Å². The zero-order valence-electron chi connectivity index (χ0n) is 18.0. The maximum absolute atomic E-state index is 12.6. The smallest absolute Gasteiger partial charge is 0.325 e. The number of ether oxygens (including phenoxy) is 1. The number of carbonyl (C=O) groups is 4. The van der Waals surface area contributed by atoms with Crippen LogP contribution in [-0.4, -0.2) is 53.4 Å². The van der Waals surface area contributed by atoms with Crippen molar-refractivity contribution in [1.82, 2.24) is 25.9 Å². The number of halogens is 1. The summed E-state index contributed by atoms with van der Waals surface area (Å²) in [6.07, 6.45) is 1.18. The second kappa shape index (κ2) is 12.8. The number of amides is 3. The van der Waals surface area contributed by atoms with Crippen molar-refractivity contribution in [1.29, 1.82) is 0 Å². The van der Waals surface area contributed by atoms with Gasteiger partial charge in [-0.15, -0.1) is 0 Å². The minimum atomic E-state index is -0.767. The van der Waals surface area contributed by atoms with Crippen LogP contribution in [-0.2, 0) is 19.1 Å². The first kappa shape index (κ1) is 25.3. The Morgan fingerprint density at radius 2 is 1.79 bits per heavy atom. The standard InChI is InChI=1S/C21H23ClN6O5/c1-3-33-18(30)12-23-17(29)11-24-20(32)15(27-19(31)14-7-5-4-6-8-14)10-25-21-26-13(2)9-16(22)28-21/h4-10H,3,11-12H2,1-2H3,(H,23,29)(H,24,32)(H,27,31)(H,25,26,28)/b15-10-. The van der Waals surface area contributed by atoms with Crippen LogP contribution in [0.15, 0.2) is 48.3 Å². The molecule has 1 heterocycles. The van der Waals surface area contributed by atoms with E-state index in [1.165, 1.54) is 6.20 Å². The van der Waals surface area contributed by atoms with Gasteiger partial charge in [-0.2, -0.15) is 0 Å². The highest BCUT2D eigenvalue weighted by molar-refractivity contribution is 6.29. The molecule has 0 spiro atoms. The number of aromatic nitrogens is 2. The minimum absolute atomic E-state index is 0.103. The van der Waals surface area contributed by atoms with Crippen molar-refractivity contribution in [2.24, 2.45) is 0 Å². The average molecular weight is 475 g/mol. The van der Waals surface area contributed by atoms with Crippen molar-refractivity contribution in [2.75, 3.05) is 25.0 Å². The molecule has 1 aromatic heterocycles. The van der Waals surface area contributed by atoms with Gasteiger partial charge in [-0.25, -0.2) is 9.97 Å². The molecule has 0 fully saturated rings. The topological polar surface area (TPSA) is 151 Å². The summed E-state index contributed by atoms with van der Waals surface area (Å²) in [7, 11) is 0. The molecule has 0 unspecified atom stereocenters. The van der Waals surface area contributed by atoms with Crippen LogP contribution in [0.25, 0.3) is 0 Å². The monoisotopic (exact) mass is 474 g/mol. The molecule has 2 aromatic rings. The summed E-state index contributed by atoms with van der Waals surface area (Å²) in [6, 6.07) is 9.79. The molecule has 4 N–H and O–H groups in total. The van der Waals surface area contributed by atoms with Crippen LogP contribution in [0.2, 0.25) is 5.15 Å². The highest BCUT2D eigenvalue weighted by atomic mass is 35.5. The van der Waals surface area contributed by atoms with Crippen LogP contribution >= 0.6 is 11.6 Å². The third kappa shape index (κ3) is 8.95. The number of benzene rings is 1. The molecule has 174 valence electrons. The number of hydrogen-bond acceptors (Lipinski definition) is 8. The Labute approximate surface area is 195 Å². The Morgan fingerprint density at radius 1 is 1.06 bits per heavy atom. The van der Waals surface area contributed by atoms with E-state index in [1.807, 2.05) is 0 Å². The molecule has 11 nitrogen and oxygen atoms in total. The van der Waals surface area contributed by atoms with Crippen molar-refractivity contribution in [2.45, 2.75) is 13.8 Å². The fourth-order valence-electron chi connectivity index (χ4n) is 2.37. The number of nitrogens with one attached hydrogen (secondary N) is 4. The maximum Gasteiger partial charge on any atom is 0.325 e. The molecule has 0 aliphatic heterocycles. The molecule has 0 aliphatic rings. The molecule has 0 bridgehead atoms. The number of nitrogens with zero attached hydrogens (tertiary/aromatic N) is 2. The van der Waals surface area contributed by atoms with Gasteiger partial charge in [0.15, 0.2) is 0 Å². The predicted octanol–water partition coefficient (Wildman–Crippen LogP) is 0.917. The van der Waals surface area contributed by atoms with Crippen LogP contribution in [0.1, 0.15) is 23.0 Å². The van der Waals surface area contributed by atoms with Crippen LogP contribution in [0.5, 0.6) is 0 Å². The van der Waals surface area contributed by atoms with Crippen molar-refractivity contribution < 1.29 is 23.9 Å². The molecule has 3 amide bonds. The van der Waals surface area contributed by atoms with Gasteiger partial charge in [-0.3, -0.25) is 19.2 Å². The van der Waals surface area contributed by atoms with E-state index in [4.69, 9.17) is 16.3 Å². The Hall–Kier alpha value is -3.99. The van der Waals surface area contributed by atoms with Gasteiger partial charge in [-0.1, -0.05) is 29.8 Å². The molecule has 0 aliphatic carbocycles. The summed E-state index contributed by atoms with van der Waals surface area (Å²) in [4.78, 5) is 56.5. The van der Waals surface area contributed by atoms with E-state index in [9.17, 15) is 19.2 Å². The van der Waals surface area contributed by atoms with Crippen LogP contribution in [0.3, 0.4) is 0 Å². The highest BCUT2D eigenvalue weighted by Crippen LogP contribution is 2.10. The van der Waals surface area contributed by atoms with E-state index in [2.05, 4.69) is 31.2 Å². The summed E-state index contributed by atoms with van der Waals surface area (Å²) < 4.78 is 4.71. The van der Waals surface area contributed by atoms with Gasteiger partial charge in [0.2, 0.25) is 11.9 Å².